The Kier molecular flexibility index (Phi) is 5.61. The minimum Gasteiger partial charge on any atom is -0.319 e. The van der Waals surface area contributed by atoms with E-state index in [1.807, 2.05) is 26.0 Å². The van der Waals surface area contributed by atoms with Gasteiger partial charge in [-0.05, 0) is 21.1 Å². The van der Waals surface area contributed by atoms with Gasteiger partial charge in [0, 0.05) is 19.5 Å². The fraction of sp³-hybridized carbons (Fsp3) is 0.636. The van der Waals surface area contributed by atoms with Crippen molar-refractivity contribution >= 4 is 17.4 Å². The van der Waals surface area contributed by atoms with Crippen LogP contribution in [0.4, 0.5) is 0 Å². The molecule has 5 nitrogen and oxygen atoms in total. The zero-order valence-electron chi connectivity index (χ0n) is 10.5. The van der Waals surface area contributed by atoms with Gasteiger partial charge in [0.05, 0.1) is 17.8 Å². The molecule has 0 bridgehead atoms. The van der Waals surface area contributed by atoms with E-state index in [-0.39, 0.29) is 5.78 Å². The summed E-state index contributed by atoms with van der Waals surface area (Å²) in [5, 5.41) is 7.52. The molecule has 0 amide bonds. The molecule has 0 saturated heterocycles. The van der Waals surface area contributed by atoms with Crippen molar-refractivity contribution in [1.29, 1.82) is 0 Å². The van der Waals surface area contributed by atoms with E-state index in [0.717, 1.165) is 6.54 Å². The number of likely N-dealkylation sites (N-methyl/N-ethyl adjacent to an activating group) is 1. The maximum atomic E-state index is 12.0. The summed E-state index contributed by atoms with van der Waals surface area (Å²) in [6, 6.07) is 0. The summed E-state index contributed by atoms with van der Waals surface area (Å²) in [5.74, 6) is 0.0283. The lowest BCUT2D eigenvalue weighted by Gasteiger charge is -2.11. The lowest BCUT2D eigenvalue weighted by atomic mass is 10.2. The Labute approximate surface area is 107 Å². The van der Waals surface area contributed by atoms with Gasteiger partial charge in [-0.25, -0.2) is 0 Å². The zero-order chi connectivity index (χ0) is 12.8. The van der Waals surface area contributed by atoms with Crippen LogP contribution in [0.1, 0.15) is 16.9 Å². The van der Waals surface area contributed by atoms with E-state index in [2.05, 4.69) is 10.4 Å². The fourth-order valence-electron chi connectivity index (χ4n) is 1.46. The highest BCUT2D eigenvalue weighted by molar-refractivity contribution is 6.33. The summed E-state index contributed by atoms with van der Waals surface area (Å²) in [6.45, 7) is 2.14. The van der Waals surface area contributed by atoms with E-state index in [4.69, 9.17) is 11.6 Å². The van der Waals surface area contributed by atoms with Crippen molar-refractivity contribution in [2.24, 2.45) is 0 Å². The predicted octanol–water partition coefficient (Wildman–Crippen LogP) is 0.890. The summed E-state index contributed by atoms with van der Waals surface area (Å²) in [6.07, 6.45) is 1.97. The first-order valence-corrected chi connectivity index (χ1v) is 5.98. The third-order valence-corrected chi connectivity index (χ3v) is 2.70. The molecule has 0 aliphatic carbocycles. The third kappa shape index (κ3) is 4.11. The second-order valence-corrected chi connectivity index (χ2v) is 4.55. The van der Waals surface area contributed by atoms with Crippen LogP contribution in [0.25, 0.3) is 0 Å². The molecule has 6 heteroatoms. The first-order chi connectivity index (χ1) is 8.06. The zero-order valence-corrected chi connectivity index (χ0v) is 11.3. The average Bonchev–Trinajstić information content (AvgIpc) is 2.64. The second kappa shape index (κ2) is 6.74. The summed E-state index contributed by atoms with van der Waals surface area (Å²) in [5.41, 5.74) is 0.517. The second-order valence-electron chi connectivity index (χ2n) is 4.14. The minimum atomic E-state index is 0.0283. The van der Waals surface area contributed by atoms with E-state index in [1.165, 1.54) is 6.20 Å². The highest BCUT2D eigenvalue weighted by Crippen LogP contribution is 2.16. The van der Waals surface area contributed by atoms with Crippen LogP contribution in [0.5, 0.6) is 0 Å². The monoisotopic (exact) mass is 258 g/mol. The Balaban J connectivity index is 2.75. The Bertz CT molecular complexity index is 376. The van der Waals surface area contributed by atoms with Crippen LogP contribution in [0, 0.1) is 0 Å². The molecule has 0 aromatic carbocycles. The van der Waals surface area contributed by atoms with Gasteiger partial charge < -0.3 is 10.2 Å². The van der Waals surface area contributed by atoms with Crippen molar-refractivity contribution < 1.29 is 4.79 Å². The molecule has 0 radical (unpaired) electrons. The molecule has 1 aromatic heterocycles. The summed E-state index contributed by atoms with van der Waals surface area (Å²) >= 11 is 6.00. The Morgan fingerprint density at radius 3 is 2.88 bits per heavy atom. The Morgan fingerprint density at radius 1 is 1.59 bits per heavy atom. The first-order valence-electron chi connectivity index (χ1n) is 5.60. The number of hydrogen-bond donors (Lipinski definition) is 1. The van der Waals surface area contributed by atoms with Crippen LogP contribution >= 0.6 is 11.6 Å². The maximum Gasteiger partial charge on any atom is 0.183 e. The highest BCUT2D eigenvalue weighted by Gasteiger charge is 2.16. The Morgan fingerprint density at radius 2 is 2.29 bits per heavy atom. The molecule has 0 spiro atoms. The van der Waals surface area contributed by atoms with Gasteiger partial charge in [0.2, 0.25) is 0 Å². The largest absolute Gasteiger partial charge is 0.319 e. The normalized spacial score (nSPS) is 11.1. The van der Waals surface area contributed by atoms with Crippen molar-refractivity contribution in [1.82, 2.24) is 20.0 Å². The molecule has 1 N–H and O–H groups in total. The van der Waals surface area contributed by atoms with Gasteiger partial charge in [-0.15, -0.1) is 0 Å². The van der Waals surface area contributed by atoms with Crippen molar-refractivity contribution in [3.8, 4) is 0 Å². The number of nitrogens with zero attached hydrogens (tertiary/aromatic N) is 3. The number of ketones is 1. The SMILES string of the molecule is CNCCC(=O)c1c(Cl)cnn1CCN(C)C. The van der Waals surface area contributed by atoms with Crippen molar-refractivity contribution in [2.45, 2.75) is 13.0 Å². The number of rotatable bonds is 7. The Hall–Kier alpha value is -0.910. The standard InChI is InChI=1S/C11H19ClN4O/c1-13-5-4-10(17)11-9(12)8-14-16(11)7-6-15(2)3/h8,13H,4-7H2,1-3H3. The molecule has 17 heavy (non-hydrogen) atoms. The van der Waals surface area contributed by atoms with Crippen LogP contribution in [0.3, 0.4) is 0 Å². The fourth-order valence-corrected chi connectivity index (χ4v) is 1.71. The molecule has 0 fully saturated rings. The molecule has 0 unspecified atom stereocenters. The lowest BCUT2D eigenvalue weighted by Crippen LogP contribution is -2.22. The number of hydrogen-bond acceptors (Lipinski definition) is 4. The number of carbonyl (C=O) groups is 1. The van der Waals surface area contributed by atoms with Gasteiger partial charge in [-0.3, -0.25) is 9.48 Å². The van der Waals surface area contributed by atoms with Gasteiger partial charge in [-0.2, -0.15) is 5.10 Å². The van der Waals surface area contributed by atoms with E-state index < -0.39 is 0 Å². The highest BCUT2D eigenvalue weighted by atomic mass is 35.5. The minimum absolute atomic E-state index is 0.0283. The molecule has 0 aliphatic heterocycles. The van der Waals surface area contributed by atoms with E-state index in [1.54, 1.807) is 4.68 Å². The van der Waals surface area contributed by atoms with Gasteiger partial charge in [0.25, 0.3) is 0 Å². The van der Waals surface area contributed by atoms with Gasteiger partial charge in [-0.1, -0.05) is 11.6 Å². The number of aromatic nitrogens is 2. The third-order valence-electron chi connectivity index (χ3n) is 2.42. The molecule has 1 rings (SSSR count). The molecule has 1 aromatic rings. The van der Waals surface area contributed by atoms with Crippen LogP contribution < -0.4 is 5.32 Å². The van der Waals surface area contributed by atoms with E-state index >= 15 is 0 Å². The average molecular weight is 259 g/mol. The van der Waals surface area contributed by atoms with E-state index in [9.17, 15) is 4.79 Å². The predicted molar refractivity (Wildman–Crippen MR) is 68.7 cm³/mol. The summed E-state index contributed by atoms with van der Waals surface area (Å²) < 4.78 is 1.68. The topological polar surface area (TPSA) is 50.2 Å². The van der Waals surface area contributed by atoms with Crippen molar-refractivity contribution in [3.05, 3.63) is 16.9 Å². The molecular formula is C11H19ClN4O. The molecule has 0 saturated carbocycles. The number of carbonyl (C=O) groups excluding carboxylic acids is 1. The summed E-state index contributed by atoms with van der Waals surface area (Å²) in [7, 11) is 5.78. The lowest BCUT2D eigenvalue weighted by molar-refractivity contribution is 0.0972. The van der Waals surface area contributed by atoms with E-state index in [0.29, 0.717) is 30.2 Å². The van der Waals surface area contributed by atoms with Gasteiger partial charge in [0.1, 0.15) is 5.69 Å². The smallest absolute Gasteiger partial charge is 0.183 e. The molecule has 1 heterocycles. The van der Waals surface area contributed by atoms with Crippen molar-refractivity contribution in [2.75, 3.05) is 34.2 Å². The molecule has 96 valence electrons. The van der Waals surface area contributed by atoms with Crippen LogP contribution in [-0.4, -0.2) is 54.7 Å². The van der Waals surface area contributed by atoms with Crippen LogP contribution in [-0.2, 0) is 6.54 Å². The number of nitrogens with one attached hydrogen (secondary N) is 1. The van der Waals surface area contributed by atoms with Crippen LogP contribution in [0.2, 0.25) is 5.02 Å². The number of Topliss-reactive ketones (excluding diaryl/α,β-unsaturated/α-hetero) is 1. The van der Waals surface area contributed by atoms with Gasteiger partial charge in [0.15, 0.2) is 5.78 Å². The molecular weight excluding hydrogens is 240 g/mol. The summed E-state index contributed by atoms with van der Waals surface area (Å²) in [4.78, 5) is 14.0. The van der Waals surface area contributed by atoms with Crippen molar-refractivity contribution in [3.63, 3.8) is 0 Å². The maximum absolute atomic E-state index is 12.0. The van der Waals surface area contributed by atoms with Crippen LogP contribution in [0.15, 0.2) is 6.20 Å². The quantitative estimate of drug-likeness (QED) is 0.738. The number of halogens is 1. The first kappa shape index (κ1) is 14.2. The molecule has 0 atom stereocenters. The van der Waals surface area contributed by atoms with Gasteiger partial charge >= 0.3 is 0 Å². The molecule has 0 aliphatic rings.